The van der Waals surface area contributed by atoms with E-state index in [1.165, 1.54) is 12.5 Å². The van der Waals surface area contributed by atoms with Gasteiger partial charge in [-0.3, -0.25) is 9.59 Å². The Balaban J connectivity index is 5.88. The largest absolute Gasteiger partial charge is 0.497 e. The number of aliphatic carboxylic acids is 2. The molecule has 0 aliphatic carbocycles. The number of carboxylic acid groups (broad SMARTS) is 2. The van der Waals surface area contributed by atoms with Gasteiger partial charge < -0.3 is 19.7 Å². The van der Waals surface area contributed by atoms with E-state index < -0.39 is 29.6 Å². The molecule has 24 heavy (non-hydrogen) atoms. The van der Waals surface area contributed by atoms with Crippen molar-refractivity contribution in [3.8, 4) is 0 Å². The van der Waals surface area contributed by atoms with Crippen LogP contribution in [0.5, 0.6) is 0 Å². The van der Waals surface area contributed by atoms with Crippen molar-refractivity contribution in [2.24, 2.45) is 5.41 Å². The fourth-order valence-electron chi connectivity index (χ4n) is 3.09. The zero-order valence-electron chi connectivity index (χ0n) is 14.7. The van der Waals surface area contributed by atoms with Crippen molar-refractivity contribution in [1.29, 1.82) is 0 Å². The summed E-state index contributed by atoms with van der Waals surface area (Å²) in [6, 6.07) is 0. The molecule has 0 aliphatic rings. The first kappa shape index (κ1) is 22.0. The van der Waals surface area contributed by atoms with Crippen LogP contribution in [0.25, 0.3) is 0 Å². The summed E-state index contributed by atoms with van der Waals surface area (Å²) >= 11 is 0. The number of hydrogen-bond donors (Lipinski definition) is 2. The van der Waals surface area contributed by atoms with E-state index in [4.69, 9.17) is 14.6 Å². The van der Waals surface area contributed by atoms with Crippen LogP contribution in [0, 0.1) is 5.41 Å². The molecule has 0 rings (SSSR count). The van der Waals surface area contributed by atoms with Gasteiger partial charge in [0.1, 0.15) is 17.6 Å². The number of carboxylic acids is 2. The number of hydrogen-bond acceptors (Lipinski definition) is 4. The van der Waals surface area contributed by atoms with Crippen molar-refractivity contribution >= 4 is 11.9 Å². The van der Waals surface area contributed by atoms with Gasteiger partial charge in [0, 0.05) is 6.42 Å². The molecule has 0 aromatic rings. The summed E-state index contributed by atoms with van der Waals surface area (Å²) in [5.74, 6) is -2.00. The smallest absolute Gasteiger partial charge is 0.317 e. The third-order valence-corrected chi connectivity index (χ3v) is 4.15. The molecule has 6 nitrogen and oxygen atoms in total. The highest BCUT2D eigenvalue weighted by molar-refractivity contribution is 5.76. The zero-order chi connectivity index (χ0) is 18.6. The minimum atomic E-state index is -1.36. The van der Waals surface area contributed by atoms with Gasteiger partial charge in [-0.05, 0) is 25.7 Å². The molecule has 0 fully saturated rings. The van der Waals surface area contributed by atoms with Crippen LogP contribution in [0.2, 0.25) is 0 Å². The lowest BCUT2D eigenvalue weighted by atomic mass is 9.70. The van der Waals surface area contributed by atoms with E-state index in [0.29, 0.717) is 12.8 Å². The van der Waals surface area contributed by atoms with Crippen LogP contribution >= 0.6 is 0 Å². The second kappa shape index (κ2) is 11.5. The summed E-state index contributed by atoms with van der Waals surface area (Å²) < 4.78 is 11.1. The molecular formula is C18H30O6. The summed E-state index contributed by atoms with van der Waals surface area (Å²) in [4.78, 5) is 23.2. The van der Waals surface area contributed by atoms with E-state index >= 15 is 0 Å². The van der Waals surface area contributed by atoms with Crippen molar-refractivity contribution in [1.82, 2.24) is 0 Å². The number of ether oxygens (including phenoxy) is 2. The maximum atomic E-state index is 12.3. The lowest BCUT2D eigenvalue weighted by Crippen LogP contribution is -2.52. The van der Waals surface area contributed by atoms with Crippen LogP contribution in [0.4, 0.5) is 0 Å². The third kappa shape index (κ3) is 5.91. The normalized spacial score (nSPS) is 15.6. The molecule has 0 spiro atoms. The van der Waals surface area contributed by atoms with Crippen molar-refractivity contribution in [2.75, 3.05) is 0 Å². The van der Waals surface area contributed by atoms with Gasteiger partial charge in [0.05, 0.1) is 12.5 Å². The summed E-state index contributed by atoms with van der Waals surface area (Å²) in [6.07, 6.45) is 3.91. The predicted molar refractivity (Wildman–Crippen MR) is 91.5 cm³/mol. The topological polar surface area (TPSA) is 93.1 Å². The van der Waals surface area contributed by atoms with Gasteiger partial charge in [-0.2, -0.15) is 0 Å². The molecule has 2 atom stereocenters. The Morgan fingerprint density at radius 3 is 1.79 bits per heavy atom. The molecule has 2 unspecified atom stereocenters. The van der Waals surface area contributed by atoms with Crippen LogP contribution in [-0.2, 0) is 19.1 Å². The monoisotopic (exact) mass is 342 g/mol. The van der Waals surface area contributed by atoms with Crippen molar-refractivity contribution in [3.05, 3.63) is 25.7 Å². The molecule has 2 N–H and O–H groups in total. The summed E-state index contributed by atoms with van der Waals surface area (Å²) in [6.45, 7) is 11.0. The molecule has 0 aliphatic heterocycles. The molecule has 0 saturated heterocycles. The zero-order valence-corrected chi connectivity index (χ0v) is 14.7. The summed E-state index contributed by atoms with van der Waals surface area (Å²) in [5.41, 5.74) is -1.36. The Labute approximate surface area is 144 Å². The van der Waals surface area contributed by atoms with Crippen molar-refractivity contribution in [2.45, 2.75) is 71.0 Å². The van der Waals surface area contributed by atoms with Crippen LogP contribution in [0.3, 0.4) is 0 Å². The summed E-state index contributed by atoms with van der Waals surface area (Å²) in [5, 5.41) is 19.0. The molecule has 0 radical (unpaired) electrons. The lowest BCUT2D eigenvalue weighted by Gasteiger charge is -2.41. The average molecular weight is 342 g/mol. The Kier molecular flexibility index (Phi) is 10.6. The number of rotatable bonds is 15. The highest BCUT2D eigenvalue weighted by Crippen LogP contribution is 2.41. The second-order valence-corrected chi connectivity index (χ2v) is 5.75. The van der Waals surface area contributed by atoms with E-state index in [1.54, 1.807) is 0 Å². The highest BCUT2D eigenvalue weighted by Gasteiger charge is 2.53. The first-order valence-corrected chi connectivity index (χ1v) is 8.38. The average Bonchev–Trinajstić information content (AvgIpc) is 2.51. The Morgan fingerprint density at radius 1 is 1.04 bits per heavy atom. The van der Waals surface area contributed by atoms with E-state index in [-0.39, 0.29) is 19.3 Å². The van der Waals surface area contributed by atoms with Gasteiger partial charge in [-0.15, -0.1) is 0 Å². The van der Waals surface area contributed by atoms with E-state index in [1.807, 2.05) is 13.8 Å². The highest BCUT2D eigenvalue weighted by atomic mass is 16.5. The number of carbonyl (C=O) groups is 2. The molecule has 0 saturated carbocycles. The molecule has 0 amide bonds. The third-order valence-electron chi connectivity index (χ3n) is 4.15. The predicted octanol–water partition coefficient (Wildman–Crippen LogP) is 3.97. The van der Waals surface area contributed by atoms with Gasteiger partial charge in [0.15, 0.2) is 0 Å². The molecule has 0 aromatic heterocycles. The lowest BCUT2D eigenvalue weighted by molar-refractivity contribution is -0.173. The van der Waals surface area contributed by atoms with Crippen LogP contribution < -0.4 is 0 Å². The fourth-order valence-corrected chi connectivity index (χ4v) is 3.09. The van der Waals surface area contributed by atoms with Crippen molar-refractivity contribution < 1.29 is 29.3 Å². The quantitative estimate of drug-likeness (QED) is 0.437. The van der Waals surface area contributed by atoms with Gasteiger partial charge in [-0.25, -0.2) is 0 Å². The van der Waals surface area contributed by atoms with E-state index in [9.17, 15) is 14.7 Å². The van der Waals surface area contributed by atoms with Gasteiger partial charge in [0.2, 0.25) is 0 Å². The summed E-state index contributed by atoms with van der Waals surface area (Å²) in [7, 11) is 0. The molecular weight excluding hydrogens is 312 g/mol. The Bertz CT molecular complexity index is 398. The van der Waals surface area contributed by atoms with Crippen LogP contribution in [-0.4, -0.2) is 34.4 Å². The minimum absolute atomic E-state index is 0.102. The first-order valence-electron chi connectivity index (χ1n) is 8.38. The molecule has 0 bridgehead atoms. The Morgan fingerprint density at radius 2 is 1.50 bits per heavy atom. The SMILES string of the molecule is C=COC(CCC)C(CCCC(=O)O)(C(=O)O)C(CCC)OC=C. The van der Waals surface area contributed by atoms with E-state index in [2.05, 4.69) is 13.2 Å². The van der Waals surface area contributed by atoms with Crippen molar-refractivity contribution in [3.63, 3.8) is 0 Å². The Hall–Kier alpha value is -1.98. The van der Waals surface area contributed by atoms with Gasteiger partial charge >= 0.3 is 11.9 Å². The maximum Gasteiger partial charge on any atom is 0.317 e. The molecule has 0 heterocycles. The fraction of sp³-hybridized carbons (Fsp3) is 0.667. The van der Waals surface area contributed by atoms with Crippen LogP contribution in [0.1, 0.15) is 58.8 Å². The first-order chi connectivity index (χ1) is 11.4. The van der Waals surface area contributed by atoms with E-state index in [0.717, 1.165) is 12.8 Å². The minimum Gasteiger partial charge on any atom is -0.497 e. The van der Waals surface area contributed by atoms with Gasteiger partial charge in [0.25, 0.3) is 0 Å². The molecule has 6 heteroatoms. The van der Waals surface area contributed by atoms with Crippen LogP contribution in [0.15, 0.2) is 25.7 Å². The maximum absolute atomic E-state index is 12.3. The van der Waals surface area contributed by atoms with Gasteiger partial charge in [-0.1, -0.05) is 39.8 Å². The standard InChI is InChI=1S/C18H30O6/c1-5-10-14(23-7-3)18(17(21)22,13-9-12-16(19)20)15(11-6-2)24-8-4/h7-8,14-15H,3-6,9-13H2,1-2H3,(H,19,20)(H,21,22). The molecule has 0 aromatic carbocycles. The second-order valence-electron chi connectivity index (χ2n) is 5.75. The molecule has 138 valence electrons.